The van der Waals surface area contributed by atoms with Crippen molar-refractivity contribution < 1.29 is 0 Å². The Bertz CT molecular complexity index is 962. The molecule has 0 aliphatic carbocycles. The zero-order chi connectivity index (χ0) is 18.4. The molecule has 27 heavy (non-hydrogen) atoms. The van der Waals surface area contributed by atoms with Gasteiger partial charge in [0, 0.05) is 49.3 Å². The van der Waals surface area contributed by atoms with Crippen LogP contribution < -0.4 is 4.90 Å². The highest BCUT2D eigenvalue weighted by molar-refractivity contribution is 5.56. The summed E-state index contributed by atoms with van der Waals surface area (Å²) in [4.78, 5) is 7.13. The van der Waals surface area contributed by atoms with Gasteiger partial charge in [-0.25, -0.2) is 4.98 Å². The second kappa shape index (κ2) is 6.62. The molecule has 3 aromatic rings. The van der Waals surface area contributed by atoms with Crippen molar-refractivity contribution in [2.75, 3.05) is 18.0 Å². The Labute approximate surface area is 159 Å². The topological polar surface area (TPSA) is 64.1 Å². The summed E-state index contributed by atoms with van der Waals surface area (Å²) in [6.45, 7) is 7.38. The second-order valence-corrected chi connectivity index (χ2v) is 7.95. The molecule has 2 aliphatic rings. The molecule has 142 valence electrons. The summed E-state index contributed by atoms with van der Waals surface area (Å²) in [5, 5.41) is 13.6. The molecule has 0 bridgehead atoms. The van der Waals surface area contributed by atoms with Crippen LogP contribution in [-0.2, 0) is 13.0 Å². The van der Waals surface area contributed by atoms with Crippen LogP contribution in [0, 0.1) is 13.8 Å². The molecule has 0 spiro atoms. The van der Waals surface area contributed by atoms with Gasteiger partial charge in [-0.15, -0.1) is 10.2 Å². The van der Waals surface area contributed by atoms with Crippen LogP contribution in [0.2, 0.25) is 0 Å². The quantitative estimate of drug-likeness (QED) is 0.698. The van der Waals surface area contributed by atoms with Gasteiger partial charge in [0.05, 0.1) is 6.20 Å². The van der Waals surface area contributed by atoms with E-state index in [1.54, 1.807) is 0 Å². The summed E-state index contributed by atoms with van der Waals surface area (Å²) in [6.07, 6.45) is 8.95. The van der Waals surface area contributed by atoms with Gasteiger partial charge < -0.3 is 9.47 Å². The lowest BCUT2D eigenvalue weighted by molar-refractivity contribution is 0.456. The fourth-order valence-corrected chi connectivity index (χ4v) is 4.65. The van der Waals surface area contributed by atoms with Crippen molar-refractivity contribution in [3.63, 3.8) is 0 Å². The molecule has 1 saturated heterocycles. The maximum Gasteiger partial charge on any atom is 0.157 e. The number of nitrogens with zero attached hydrogens (tertiary/aromatic N) is 7. The largest absolute Gasteiger partial charge is 0.356 e. The third-order valence-electron chi connectivity index (χ3n) is 6.28. The molecule has 0 radical (unpaired) electrons. The number of rotatable bonds is 2. The first kappa shape index (κ1) is 16.7. The van der Waals surface area contributed by atoms with Gasteiger partial charge in [-0.1, -0.05) is 6.42 Å². The first-order chi connectivity index (χ1) is 13.2. The summed E-state index contributed by atoms with van der Waals surface area (Å²) >= 11 is 0. The zero-order valence-electron chi connectivity index (χ0n) is 16.2. The monoisotopic (exact) mass is 365 g/mol. The summed E-state index contributed by atoms with van der Waals surface area (Å²) in [5.74, 6) is 4.13. The second-order valence-electron chi connectivity index (χ2n) is 7.95. The van der Waals surface area contributed by atoms with Gasteiger partial charge in [-0.3, -0.25) is 0 Å². The first-order valence-corrected chi connectivity index (χ1v) is 10.2. The molecule has 0 unspecified atom stereocenters. The van der Waals surface area contributed by atoms with Crippen LogP contribution in [0.5, 0.6) is 0 Å². The van der Waals surface area contributed by atoms with Gasteiger partial charge in [-0.2, -0.15) is 9.61 Å². The summed E-state index contributed by atoms with van der Waals surface area (Å²) in [6, 6.07) is 1.98. The number of hydrogen-bond donors (Lipinski definition) is 0. The number of anilines is 1. The Hall–Kier alpha value is -2.44. The predicted octanol–water partition coefficient (Wildman–Crippen LogP) is 3.05. The number of fused-ring (bicyclic) bond motifs is 2. The summed E-state index contributed by atoms with van der Waals surface area (Å²) < 4.78 is 4.41. The molecule has 7 heteroatoms. The Kier molecular flexibility index (Phi) is 4.10. The van der Waals surface area contributed by atoms with Gasteiger partial charge in [0.25, 0.3) is 0 Å². The highest BCUT2D eigenvalue weighted by Crippen LogP contribution is 2.32. The minimum absolute atomic E-state index is 0.511. The van der Waals surface area contributed by atoms with E-state index in [9.17, 15) is 0 Å². The molecule has 2 aliphatic heterocycles. The molecule has 7 nitrogen and oxygen atoms in total. The Balaban J connectivity index is 1.39. The molecule has 1 fully saturated rings. The lowest BCUT2D eigenvalue weighted by atomic mass is 9.95. The lowest BCUT2D eigenvalue weighted by Gasteiger charge is -2.34. The Morgan fingerprint density at radius 1 is 1.00 bits per heavy atom. The van der Waals surface area contributed by atoms with Gasteiger partial charge in [0.1, 0.15) is 17.5 Å². The average Bonchev–Trinajstić information content (AvgIpc) is 3.23. The highest BCUT2D eigenvalue weighted by Gasteiger charge is 2.28. The molecule has 5 heterocycles. The Morgan fingerprint density at radius 3 is 2.70 bits per heavy atom. The molecule has 0 atom stereocenters. The van der Waals surface area contributed by atoms with Gasteiger partial charge in [0.2, 0.25) is 0 Å². The van der Waals surface area contributed by atoms with Gasteiger partial charge >= 0.3 is 0 Å². The van der Waals surface area contributed by atoms with Crippen LogP contribution in [0.3, 0.4) is 0 Å². The minimum atomic E-state index is 0.511. The molecule has 3 aromatic heterocycles. The van der Waals surface area contributed by atoms with Crippen LogP contribution in [0.1, 0.15) is 60.9 Å². The van der Waals surface area contributed by atoms with E-state index >= 15 is 0 Å². The van der Waals surface area contributed by atoms with E-state index in [0.717, 1.165) is 50.2 Å². The highest BCUT2D eigenvalue weighted by atomic mass is 15.4. The van der Waals surface area contributed by atoms with E-state index in [0.29, 0.717) is 5.92 Å². The molecular formula is C20H27N7. The van der Waals surface area contributed by atoms with E-state index in [1.165, 1.54) is 42.3 Å². The molecule has 5 rings (SSSR count). The molecular weight excluding hydrogens is 338 g/mol. The SMILES string of the molecule is Cc1nc2ccnn2c(N2CCC(c3nnc4n3CCCCC4)CC2)c1C. The fourth-order valence-electron chi connectivity index (χ4n) is 4.65. The average molecular weight is 365 g/mol. The van der Waals surface area contributed by atoms with Crippen LogP contribution in [0.25, 0.3) is 5.65 Å². The molecule has 0 amide bonds. The summed E-state index contributed by atoms with van der Waals surface area (Å²) in [7, 11) is 0. The first-order valence-electron chi connectivity index (χ1n) is 10.2. The van der Waals surface area contributed by atoms with Gasteiger partial charge in [0.15, 0.2) is 5.65 Å². The van der Waals surface area contributed by atoms with E-state index in [1.807, 2.05) is 16.8 Å². The minimum Gasteiger partial charge on any atom is -0.356 e. The van der Waals surface area contributed by atoms with E-state index in [2.05, 4.69) is 43.6 Å². The van der Waals surface area contributed by atoms with E-state index in [-0.39, 0.29) is 0 Å². The maximum atomic E-state index is 4.66. The number of piperidine rings is 1. The van der Waals surface area contributed by atoms with Crippen molar-refractivity contribution in [2.45, 2.75) is 64.8 Å². The van der Waals surface area contributed by atoms with Crippen LogP contribution in [0.4, 0.5) is 5.82 Å². The fraction of sp³-hybridized carbons (Fsp3) is 0.600. The number of aryl methyl sites for hydroxylation is 2. The Morgan fingerprint density at radius 2 is 1.85 bits per heavy atom. The van der Waals surface area contributed by atoms with Crippen molar-refractivity contribution in [2.24, 2.45) is 0 Å². The van der Waals surface area contributed by atoms with Crippen molar-refractivity contribution >= 4 is 11.5 Å². The number of aromatic nitrogens is 6. The van der Waals surface area contributed by atoms with Crippen molar-refractivity contribution in [1.82, 2.24) is 29.4 Å². The molecule has 0 N–H and O–H groups in total. The maximum absolute atomic E-state index is 4.66. The smallest absolute Gasteiger partial charge is 0.157 e. The predicted molar refractivity (Wildman–Crippen MR) is 104 cm³/mol. The number of hydrogen-bond acceptors (Lipinski definition) is 5. The van der Waals surface area contributed by atoms with Gasteiger partial charge in [-0.05, 0) is 39.5 Å². The third-order valence-corrected chi connectivity index (χ3v) is 6.28. The molecule has 0 saturated carbocycles. The molecule has 0 aromatic carbocycles. The van der Waals surface area contributed by atoms with Crippen molar-refractivity contribution in [3.05, 3.63) is 35.2 Å². The standard InChI is InChI=1S/C20H27N7/c1-14-15(2)22-17-7-10-21-27(17)20(14)25-12-8-16(9-13-25)19-24-23-18-6-4-3-5-11-26(18)19/h7,10,16H,3-6,8-9,11-13H2,1-2H3. The lowest BCUT2D eigenvalue weighted by Crippen LogP contribution is -2.36. The third kappa shape index (κ3) is 2.80. The van der Waals surface area contributed by atoms with Crippen LogP contribution in [-0.4, -0.2) is 42.5 Å². The van der Waals surface area contributed by atoms with Crippen molar-refractivity contribution in [3.8, 4) is 0 Å². The van der Waals surface area contributed by atoms with Crippen molar-refractivity contribution in [1.29, 1.82) is 0 Å². The summed E-state index contributed by atoms with van der Waals surface area (Å²) in [5.41, 5.74) is 3.24. The zero-order valence-corrected chi connectivity index (χ0v) is 16.2. The normalized spacial score (nSPS) is 18.7. The van der Waals surface area contributed by atoms with E-state index < -0.39 is 0 Å². The van der Waals surface area contributed by atoms with Crippen LogP contribution in [0.15, 0.2) is 12.3 Å². The van der Waals surface area contributed by atoms with Crippen LogP contribution >= 0.6 is 0 Å². The van der Waals surface area contributed by atoms with E-state index in [4.69, 9.17) is 0 Å².